The van der Waals surface area contributed by atoms with Gasteiger partial charge in [-0.25, -0.2) is 0 Å². The number of hydrogen-bond acceptors (Lipinski definition) is 8. The van der Waals surface area contributed by atoms with Crippen LogP contribution in [0.2, 0.25) is 0 Å². The molecule has 11 heteroatoms. The summed E-state index contributed by atoms with van der Waals surface area (Å²) in [7, 11) is 1.29. The van der Waals surface area contributed by atoms with Crippen molar-refractivity contribution in [1.82, 2.24) is 9.88 Å². The molecule has 2 bridgehead atoms. The van der Waals surface area contributed by atoms with Crippen LogP contribution in [-0.4, -0.2) is 57.6 Å². The Labute approximate surface area is 166 Å². The van der Waals surface area contributed by atoms with Gasteiger partial charge in [-0.3, -0.25) is 28.9 Å². The third-order valence-corrected chi connectivity index (χ3v) is 9.15. The van der Waals surface area contributed by atoms with Gasteiger partial charge in [-0.2, -0.15) is 0 Å². The van der Waals surface area contributed by atoms with Crippen molar-refractivity contribution in [3.05, 3.63) is 14.5 Å². The van der Waals surface area contributed by atoms with Crippen LogP contribution in [0.4, 0.5) is 0 Å². The fourth-order valence-corrected chi connectivity index (χ4v) is 8.61. The lowest BCUT2D eigenvalue weighted by Crippen LogP contribution is -2.44. The van der Waals surface area contributed by atoms with Crippen molar-refractivity contribution in [3.63, 3.8) is 0 Å². The van der Waals surface area contributed by atoms with Crippen molar-refractivity contribution in [2.45, 2.75) is 22.6 Å². The number of aliphatic carboxylic acids is 1. The average molecular weight is 424 g/mol. The molecule has 0 radical (unpaired) electrons. The van der Waals surface area contributed by atoms with Crippen LogP contribution in [0.1, 0.15) is 17.2 Å². The van der Waals surface area contributed by atoms with Crippen LogP contribution < -0.4 is 4.87 Å². The Morgan fingerprint density at radius 1 is 1.21 bits per heavy atom. The smallest absolute Gasteiger partial charge is 0.323 e. The van der Waals surface area contributed by atoms with Gasteiger partial charge in [-0.15, -0.1) is 11.8 Å². The Balaban J connectivity index is 1.57. The summed E-state index contributed by atoms with van der Waals surface area (Å²) in [6.45, 7) is -0.631. The number of carboxylic acid groups (broad SMARTS) is 1. The highest BCUT2D eigenvalue weighted by Crippen LogP contribution is 2.67. The molecule has 2 saturated carbocycles. The third kappa shape index (κ3) is 2.17. The Morgan fingerprint density at radius 2 is 1.89 bits per heavy atom. The number of carbonyl (C=O) groups is 4. The zero-order chi connectivity index (χ0) is 19.9. The molecule has 2 amide bonds. The van der Waals surface area contributed by atoms with E-state index in [1.165, 1.54) is 18.9 Å². The second-order valence-corrected chi connectivity index (χ2v) is 9.84. The van der Waals surface area contributed by atoms with E-state index in [0.717, 1.165) is 16.2 Å². The summed E-state index contributed by atoms with van der Waals surface area (Å²) in [5.41, 5.74) is 0. The van der Waals surface area contributed by atoms with E-state index in [4.69, 9.17) is 9.84 Å². The Kier molecular flexibility index (Phi) is 3.80. The largest absolute Gasteiger partial charge is 0.480 e. The maximum absolute atomic E-state index is 12.9. The summed E-state index contributed by atoms with van der Waals surface area (Å²) in [4.78, 5) is 65.2. The van der Waals surface area contributed by atoms with Crippen LogP contribution in [-0.2, 0) is 23.9 Å². The van der Waals surface area contributed by atoms with Gasteiger partial charge in [0.05, 0.1) is 34.8 Å². The third-order valence-electron chi connectivity index (χ3n) is 6.56. The molecule has 1 aromatic heterocycles. The van der Waals surface area contributed by atoms with E-state index in [0.29, 0.717) is 16.3 Å². The fraction of sp³-hybridized carbons (Fsp3) is 0.588. The van der Waals surface area contributed by atoms with Gasteiger partial charge < -0.3 is 14.8 Å². The number of fused-ring (bicyclic) bond motifs is 9. The highest BCUT2D eigenvalue weighted by atomic mass is 32.2. The number of nitrogens with one attached hydrogen (secondary N) is 1. The summed E-state index contributed by atoms with van der Waals surface area (Å²) in [6.07, 6.45) is 0.642. The normalized spacial score (nSPS) is 37.6. The van der Waals surface area contributed by atoms with Crippen LogP contribution in [0.25, 0.3) is 0 Å². The number of H-pyrrole nitrogens is 1. The molecule has 5 rings (SSSR count). The van der Waals surface area contributed by atoms with Gasteiger partial charge in [0.2, 0.25) is 11.8 Å². The minimum atomic E-state index is -1.23. The lowest BCUT2D eigenvalue weighted by molar-refractivity contribution is -0.150. The minimum absolute atomic E-state index is 0.102. The second kappa shape index (κ2) is 5.93. The lowest BCUT2D eigenvalue weighted by atomic mass is 9.69. The molecule has 28 heavy (non-hydrogen) atoms. The highest BCUT2D eigenvalue weighted by molar-refractivity contribution is 8.00. The van der Waals surface area contributed by atoms with E-state index in [-0.39, 0.29) is 27.9 Å². The predicted molar refractivity (Wildman–Crippen MR) is 95.8 cm³/mol. The molecule has 3 heterocycles. The van der Waals surface area contributed by atoms with Crippen molar-refractivity contribution in [3.8, 4) is 0 Å². The number of aromatic amines is 1. The summed E-state index contributed by atoms with van der Waals surface area (Å²) in [6, 6.07) is 0. The van der Waals surface area contributed by atoms with E-state index in [1.54, 1.807) is 0 Å². The van der Waals surface area contributed by atoms with Crippen LogP contribution >= 0.6 is 23.1 Å². The van der Waals surface area contributed by atoms with Gasteiger partial charge in [-0.05, 0) is 24.2 Å². The summed E-state index contributed by atoms with van der Waals surface area (Å²) in [5, 5.41) is 9.58. The number of likely N-dealkylation sites (tertiary alicyclic amines) is 1. The number of carbonyl (C=O) groups excluding carboxylic acids is 3. The van der Waals surface area contributed by atoms with E-state index >= 15 is 0 Å². The molecule has 2 aliphatic heterocycles. The van der Waals surface area contributed by atoms with Gasteiger partial charge in [0.1, 0.15) is 6.54 Å². The molecule has 0 aromatic carbocycles. The van der Waals surface area contributed by atoms with Crippen molar-refractivity contribution in [2.24, 2.45) is 29.6 Å². The zero-order valence-electron chi connectivity index (χ0n) is 14.6. The molecule has 2 N–H and O–H groups in total. The van der Waals surface area contributed by atoms with Crippen LogP contribution in [0.5, 0.6) is 0 Å². The van der Waals surface area contributed by atoms with Gasteiger partial charge in [0, 0.05) is 5.25 Å². The van der Waals surface area contributed by atoms with E-state index < -0.39 is 48.1 Å². The van der Waals surface area contributed by atoms with Gasteiger partial charge >= 0.3 is 16.8 Å². The first-order valence-electron chi connectivity index (χ1n) is 8.88. The highest BCUT2D eigenvalue weighted by Gasteiger charge is 2.70. The number of esters is 1. The Bertz CT molecular complexity index is 984. The molecule has 2 aliphatic carbocycles. The van der Waals surface area contributed by atoms with Crippen molar-refractivity contribution in [2.75, 3.05) is 13.7 Å². The fourth-order valence-electron chi connectivity index (χ4n) is 5.76. The number of methoxy groups -OCH3 is 1. The molecule has 0 spiro atoms. The average Bonchev–Trinajstić information content (AvgIpc) is 3.36. The van der Waals surface area contributed by atoms with Crippen molar-refractivity contribution >= 4 is 46.9 Å². The molecular weight excluding hydrogens is 408 g/mol. The molecule has 4 aliphatic rings. The second-order valence-electron chi connectivity index (χ2n) is 7.64. The van der Waals surface area contributed by atoms with E-state index in [2.05, 4.69) is 4.98 Å². The topological polar surface area (TPSA) is 134 Å². The van der Waals surface area contributed by atoms with Gasteiger partial charge in [-0.1, -0.05) is 11.3 Å². The number of nitrogens with zero attached hydrogens (tertiary/aromatic N) is 1. The molecular formula is C17H16N2O7S2. The first kappa shape index (κ1) is 17.9. The first-order chi connectivity index (χ1) is 13.3. The summed E-state index contributed by atoms with van der Waals surface area (Å²) in [5.74, 6) is -4.91. The number of thiazole rings is 1. The molecule has 1 saturated heterocycles. The molecule has 7 atom stereocenters. The molecule has 148 valence electrons. The summed E-state index contributed by atoms with van der Waals surface area (Å²) < 4.78 is 5.01. The number of carboxylic acids is 1. The Morgan fingerprint density at radius 3 is 2.54 bits per heavy atom. The number of amides is 2. The number of hydrogen-bond donors (Lipinski definition) is 2. The van der Waals surface area contributed by atoms with Gasteiger partial charge in [0.15, 0.2) is 0 Å². The predicted octanol–water partition coefficient (Wildman–Crippen LogP) is 0.119. The number of thioether (sulfide) groups is 1. The first-order valence-corrected chi connectivity index (χ1v) is 10.6. The number of ether oxygens (including phenoxy) is 1. The molecule has 3 fully saturated rings. The molecule has 1 aromatic rings. The van der Waals surface area contributed by atoms with E-state index in [9.17, 15) is 24.0 Å². The monoisotopic (exact) mass is 424 g/mol. The van der Waals surface area contributed by atoms with Crippen LogP contribution in [0, 0.1) is 29.6 Å². The minimum Gasteiger partial charge on any atom is -0.480 e. The maximum atomic E-state index is 12.9. The molecule has 0 unspecified atom stereocenters. The number of rotatable bonds is 3. The van der Waals surface area contributed by atoms with Crippen LogP contribution in [0.15, 0.2) is 9.82 Å². The van der Waals surface area contributed by atoms with Gasteiger partial charge in [0.25, 0.3) is 0 Å². The number of imide groups is 1. The van der Waals surface area contributed by atoms with Crippen molar-refractivity contribution < 1.29 is 29.0 Å². The Hall–Kier alpha value is -2.14. The SMILES string of the molecule is COC(=O)[C@@H]1c2sc(=O)[nH]c2S[C@@H]2[C@H]3C[C@@H]([C@@H]4C(=O)N(CC(=O)O)C(=O)[C@@H]34)[C@@H]21. The zero-order valence-corrected chi connectivity index (χ0v) is 16.2. The van der Waals surface area contributed by atoms with Crippen LogP contribution in [0.3, 0.4) is 0 Å². The lowest BCUT2D eigenvalue weighted by Gasteiger charge is -2.41. The van der Waals surface area contributed by atoms with Crippen molar-refractivity contribution in [1.29, 1.82) is 0 Å². The standard InChI is InChI=1S/C17H16N2O7S2/c1-26-16(24)10-7-4-2-5(11(7)27-13-12(10)28-17(25)18-13)9-8(4)14(22)19(15(9)23)3-6(20)21/h4-5,7-11H,2-3H2,1H3,(H,18,25)(H,20,21)/t4-,5+,7-,8+,9+,10+,11-/m1/s1. The van der Waals surface area contributed by atoms with E-state index in [1.807, 2.05) is 0 Å². The number of aromatic nitrogens is 1. The summed E-state index contributed by atoms with van der Waals surface area (Å²) >= 11 is 2.44. The quantitative estimate of drug-likeness (QED) is 0.516. The maximum Gasteiger partial charge on any atom is 0.323 e. The molecule has 9 nitrogen and oxygen atoms in total.